The molecule has 2 aliphatic heterocycles. The number of nitrogens with one attached hydrogen (secondary N) is 1. The summed E-state index contributed by atoms with van der Waals surface area (Å²) in [7, 11) is 0. The van der Waals surface area contributed by atoms with Crippen molar-refractivity contribution in [3.05, 3.63) is 57.3 Å². The van der Waals surface area contributed by atoms with Gasteiger partial charge in [0.1, 0.15) is 5.82 Å². The highest BCUT2D eigenvalue weighted by Gasteiger charge is 2.24. The van der Waals surface area contributed by atoms with Crippen LogP contribution in [0.5, 0.6) is 0 Å². The summed E-state index contributed by atoms with van der Waals surface area (Å²) in [5, 5.41) is 0. The number of anilines is 1. The molecule has 0 spiro atoms. The van der Waals surface area contributed by atoms with E-state index in [1.807, 2.05) is 6.07 Å². The average Bonchev–Trinajstić information content (AvgIpc) is 2.64. The number of H-pyrrole nitrogens is 1. The lowest BCUT2D eigenvalue weighted by atomic mass is 10.0. The maximum absolute atomic E-state index is 13.9. The van der Waals surface area contributed by atoms with Crippen LogP contribution in [-0.2, 0) is 19.5 Å². The van der Waals surface area contributed by atoms with E-state index in [1.165, 1.54) is 12.5 Å². The van der Waals surface area contributed by atoms with Gasteiger partial charge in [0.2, 0.25) is 5.95 Å². The maximum atomic E-state index is 13.9. The van der Waals surface area contributed by atoms with Crippen molar-refractivity contribution in [3.63, 3.8) is 0 Å². The molecular weight excluding hydrogens is 331 g/mol. The molecule has 1 atom stereocenters. The number of halogens is 1. The van der Waals surface area contributed by atoms with Crippen molar-refractivity contribution in [2.45, 2.75) is 39.3 Å². The summed E-state index contributed by atoms with van der Waals surface area (Å²) in [6, 6.07) is 6.82. The number of hydrogen-bond acceptors (Lipinski definition) is 4. The number of nitrogens with zero attached hydrogens (tertiary/aromatic N) is 3. The molecule has 138 valence electrons. The molecule has 6 heteroatoms. The van der Waals surface area contributed by atoms with Crippen molar-refractivity contribution < 1.29 is 4.39 Å². The minimum atomic E-state index is -0.195. The summed E-state index contributed by atoms with van der Waals surface area (Å²) in [6.07, 6.45) is 3.10. The summed E-state index contributed by atoms with van der Waals surface area (Å²) in [5.41, 5.74) is 2.23. The van der Waals surface area contributed by atoms with E-state index in [1.54, 1.807) is 12.1 Å². The standard InChI is InChI=1S/C20H25FN4O/c1-14-5-4-9-25(11-14)20-22-18-8-10-24(13-16(18)19(26)23-20)12-15-6-2-3-7-17(15)21/h2-3,6-7,14H,4-5,8-13H2,1H3,(H,22,23,26)/t14-/m0/s1. The van der Waals surface area contributed by atoms with Gasteiger partial charge in [0.25, 0.3) is 5.56 Å². The molecule has 2 aromatic rings. The smallest absolute Gasteiger partial charge is 0.257 e. The zero-order valence-corrected chi connectivity index (χ0v) is 15.2. The third-order valence-corrected chi connectivity index (χ3v) is 5.44. The Morgan fingerprint density at radius 1 is 1.31 bits per heavy atom. The van der Waals surface area contributed by atoms with Gasteiger partial charge in [0.05, 0.1) is 11.3 Å². The molecule has 1 aromatic carbocycles. The number of rotatable bonds is 3. The number of benzene rings is 1. The minimum Gasteiger partial charge on any atom is -0.342 e. The molecule has 3 heterocycles. The van der Waals surface area contributed by atoms with Crippen LogP contribution in [0.25, 0.3) is 0 Å². The number of fused-ring (bicyclic) bond motifs is 1. The Bertz CT molecular complexity index is 850. The second-order valence-electron chi connectivity index (χ2n) is 7.56. The van der Waals surface area contributed by atoms with Gasteiger partial charge < -0.3 is 4.90 Å². The van der Waals surface area contributed by atoms with Crippen LogP contribution < -0.4 is 10.5 Å². The summed E-state index contributed by atoms with van der Waals surface area (Å²) < 4.78 is 13.9. The Morgan fingerprint density at radius 3 is 2.96 bits per heavy atom. The van der Waals surface area contributed by atoms with Crippen molar-refractivity contribution in [2.24, 2.45) is 5.92 Å². The fourth-order valence-electron chi connectivity index (χ4n) is 4.00. The number of aromatic amines is 1. The van der Waals surface area contributed by atoms with Gasteiger partial charge in [-0.2, -0.15) is 0 Å². The molecule has 0 saturated carbocycles. The normalized spacial score (nSPS) is 20.8. The van der Waals surface area contributed by atoms with Crippen LogP contribution in [0.1, 0.15) is 36.6 Å². The lowest BCUT2D eigenvalue weighted by Crippen LogP contribution is -2.39. The molecule has 4 rings (SSSR count). The number of hydrogen-bond donors (Lipinski definition) is 1. The SMILES string of the molecule is C[C@H]1CCCN(c2nc3c(c(=O)[nH]2)CN(Cc2ccccc2F)CC3)C1. The van der Waals surface area contributed by atoms with E-state index in [2.05, 4.69) is 21.7 Å². The first-order valence-corrected chi connectivity index (χ1v) is 9.43. The summed E-state index contributed by atoms with van der Waals surface area (Å²) in [5.74, 6) is 1.14. The van der Waals surface area contributed by atoms with Gasteiger partial charge in [-0.25, -0.2) is 9.37 Å². The highest BCUT2D eigenvalue weighted by Crippen LogP contribution is 2.22. The van der Waals surface area contributed by atoms with Crippen molar-refractivity contribution in [2.75, 3.05) is 24.5 Å². The zero-order chi connectivity index (χ0) is 18.1. The van der Waals surface area contributed by atoms with E-state index in [0.717, 1.165) is 43.7 Å². The first-order valence-electron chi connectivity index (χ1n) is 9.43. The van der Waals surface area contributed by atoms with Crippen molar-refractivity contribution in [1.82, 2.24) is 14.9 Å². The minimum absolute atomic E-state index is 0.0542. The van der Waals surface area contributed by atoms with E-state index >= 15 is 0 Å². The van der Waals surface area contributed by atoms with Gasteiger partial charge in [-0.1, -0.05) is 25.1 Å². The maximum Gasteiger partial charge on any atom is 0.257 e. The van der Waals surface area contributed by atoms with Crippen molar-refractivity contribution in [3.8, 4) is 0 Å². The van der Waals surface area contributed by atoms with Crippen LogP contribution in [0.2, 0.25) is 0 Å². The molecule has 1 saturated heterocycles. The Morgan fingerprint density at radius 2 is 2.15 bits per heavy atom. The van der Waals surface area contributed by atoms with Crippen LogP contribution in [0, 0.1) is 11.7 Å². The lowest BCUT2D eigenvalue weighted by molar-refractivity contribution is 0.238. The first-order chi connectivity index (χ1) is 12.6. The summed E-state index contributed by atoms with van der Waals surface area (Å²) >= 11 is 0. The third-order valence-electron chi connectivity index (χ3n) is 5.44. The molecule has 1 aromatic heterocycles. The Kier molecular flexibility index (Phi) is 4.76. The van der Waals surface area contributed by atoms with Crippen LogP contribution >= 0.6 is 0 Å². The molecule has 0 radical (unpaired) electrons. The third kappa shape index (κ3) is 3.51. The molecule has 2 aliphatic rings. The Balaban J connectivity index is 1.53. The number of piperidine rings is 1. The predicted molar refractivity (Wildman–Crippen MR) is 99.7 cm³/mol. The predicted octanol–water partition coefficient (Wildman–Crippen LogP) is 2.70. The van der Waals surface area contributed by atoms with Gasteiger partial charge in [0, 0.05) is 44.7 Å². The monoisotopic (exact) mass is 356 g/mol. The van der Waals surface area contributed by atoms with E-state index in [9.17, 15) is 9.18 Å². The molecule has 1 fully saturated rings. The fourth-order valence-corrected chi connectivity index (χ4v) is 4.00. The van der Waals surface area contributed by atoms with Crippen LogP contribution in [0.3, 0.4) is 0 Å². The molecule has 0 aliphatic carbocycles. The summed E-state index contributed by atoms with van der Waals surface area (Å²) in [4.78, 5) is 24.7. The molecule has 0 bridgehead atoms. The van der Waals surface area contributed by atoms with Crippen LogP contribution in [0.15, 0.2) is 29.1 Å². The van der Waals surface area contributed by atoms with E-state index in [4.69, 9.17) is 4.98 Å². The Labute approximate surface area is 152 Å². The molecule has 26 heavy (non-hydrogen) atoms. The average molecular weight is 356 g/mol. The summed E-state index contributed by atoms with van der Waals surface area (Å²) in [6.45, 7) is 5.95. The second-order valence-corrected chi connectivity index (χ2v) is 7.56. The molecule has 5 nitrogen and oxygen atoms in total. The molecule has 0 amide bonds. The fraction of sp³-hybridized carbons (Fsp3) is 0.500. The van der Waals surface area contributed by atoms with Gasteiger partial charge in [0.15, 0.2) is 0 Å². The first kappa shape index (κ1) is 17.2. The zero-order valence-electron chi connectivity index (χ0n) is 15.2. The lowest BCUT2D eigenvalue weighted by Gasteiger charge is -2.33. The van der Waals surface area contributed by atoms with Gasteiger partial charge in [-0.05, 0) is 24.8 Å². The number of aromatic nitrogens is 2. The molecule has 1 N–H and O–H groups in total. The largest absolute Gasteiger partial charge is 0.342 e. The second kappa shape index (κ2) is 7.19. The topological polar surface area (TPSA) is 52.2 Å². The highest BCUT2D eigenvalue weighted by molar-refractivity contribution is 5.35. The van der Waals surface area contributed by atoms with Gasteiger partial charge in [-0.3, -0.25) is 14.7 Å². The quantitative estimate of drug-likeness (QED) is 0.919. The van der Waals surface area contributed by atoms with Crippen molar-refractivity contribution in [1.29, 1.82) is 0 Å². The Hall–Kier alpha value is -2.21. The van der Waals surface area contributed by atoms with Crippen LogP contribution in [-0.4, -0.2) is 34.5 Å². The highest BCUT2D eigenvalue weighted by atomic mass is 19.1. The van der Waals surface area contributed by atoms with E-state index in [-0.39, 0.29) is 11.4 Å². The van der Waals surface area contributed by atoms with E-state index in [0.29, 0.717) is 30.5 Å². The van der Waals surface area contributed by atoms with Crippen LogP contribution in [0.4, 0.5) is 10.3 Å². The molecular formula is C20H25FN4O. The van der Waals surface area contributed by atoms with Gasteiger partial charge >= 0.3 is 0 Å². The van der Waals surface area contributed by atoms with Gasteiger partial charge in [-0.15, -0.1) is 0 Å². The van der Waals surface area contributed by atoms with E-state index < -0.39 is 0 Å². The van der Waals surface area contributed by atoms with Crippen molar-refractivity contribution >= 4 is 5.95 Å². The molecule has 0 unspecified atom stereocenters.